The molecule has 0 atom stereocenters. The maximum absolute atomic E-state index is 5.87. The first-order valence-electron chi connectivity index (χ1n) is 6.66. The Morgan fingerprint density at radius 3 is 2.70 bits per heavy atom. The number of hydrogen-bond donors (Lipinski definition) is 1. The van der Waals surface area contributed by atoms with Crippen LogP contribution in [0.2, 0.25) is 0 Å². The van der Waals surface area contributed by atoms with Crippen molar-refractivity contribution >= 4 is 5.69 Å². The zero-order chi connectivity index (χ0) is 14.5. The monoisotopic (exact) mass is 271 g/mol. The molecule has 0 spiro atoms. The number of nitrogens with zero attached hydrogens (tertiary/aromatic N) is 2. The summed E-state index contributed by atoms with van der Waals surface area (Å²) in [5.41, 5.74) is 3.22. The molecule has 0 aliphatic heterocycles. The SMILES string of the molecule is CNCc1cc(C)nc(Oc2cccc(N(C)C)c2)c1. The highest BCUT2D eigenvalue weighted by molar-refractivity contribution is 5.50. The fourth-order valence-electron chi connectivity index (χ4n) is 2.01. The van der Waals surface area contributed by atoms with E-state index < -0.39 is 0 Å². The molecular weight excluding hydrogens is 250 g/mol. The van der Waals surface area contributed by atoms with Gasteiger partial charge in [0.05, 0.1) is 0 Å². The molecule has 0 radical (unpaired) electrons. The molecule has 0 aliphatic rings. The van der Waals surface area contributed by atoms with E-state index in [2.05, 4.69) is 16.4 Å². The van der Waals surface area contributed by atoms with Crippen LogP contribution >= 0.6 is 0 Å². The van der Waals surface area contributed by atoms with E-state index in [9.17, 15) is 0 Å². The average Bonchev–Trinajstić information content (AvgIpc) is 2.38. The van der Waals surface area contributed by atoms with E-state index in [0.717, 1.165) is 23.7 Å². The zero-order valence-electron chi connectivity index (χ0n) is 12.5. The van der Waals surface area contributed by atoms with Gasteiger partial charge in [-0.25, -0.2) is 4.98 Å². The third kappa shape index (κ3) is 3.71. The topological polar surface area (TPSA) is 37.4 Å². The Balaban J connectivity index is 2.23. The van der Waals surface area contributed by atoms with Crippen molar-refractivity contribution in [1.29, 1.82) is 0 Å². The van der Waals surface area contributed by atoms with Gasteiger partial charge in [-0.05, 0) is 37.7 Å². The molecule has 1 aromatic heterocycles. The summed E-state index contributed by atoms with van der Waals surface area (Å²) in [4.78, 5) is 6.47. The first kappa shape index (κ1) is 14.3. The molecule has 0 unspecified atom stereocenters. The average molecular weight is 271 g/mol. The summed E-state index contributed by atoms with van der Waals surface area (Å²) < 4.78 is 5.87. The van der Waals surface area contributed by atoms with Crippen molar-refractivity contribution in [3.05, 3.63) is 47.7 Å². The lowest BCUT2D eigenvalue weighted by molar-refractivity contribution is 0.460. The molecule has 1 N–H and O–H groups in total. The molecular formula is C16H21N3O. The van der Waals surface area contributed by atoms with Crippen molar-refractivity contribution in [3.8, 4) is 11.6 Å². The molecule has 106 valence electrons. The highest BCUT2D eigenvalue weighted by Gasteiger charge is 2.04. The Morgan fingerprint density at radius 1 is 1.20 bits per heavy atom. The summed E-state index contributed by atoms with van der Waals surface area (Å²) in [6, 6.07) is 12.0. The second-order valence-corrected chi connectivity index (χ2v) is 4.98. The van der Waals surface area contributed by atoms with E-state index in [1.165, 1.54) is 5.56 Å². The lowest BCUT2D eigenvalue weighted by Crippen LogP contribution is -2.08. The minimum Gasteiger partial charge on any atom is -0.439 e. The molecule has 2 rings (SSSR count). The Kier molecular flexibility index (Phi) is 4.58. The number of rotatable bonds is 5. The van der Waals surface area contributed by atoms with Crippen molar-refractivity contribution in [2.24, 2.45) is 0 Å². The summed E-state index contributed by atoms with van der Waals surface area (Å²) in [7, 11) is 5.95. The molecule has 2 aromatic rings. The second kappa shape index (κ2) is 6.39. The van der Waals surface area contributed by atoms with Gasteiger partial charge in [-0.3, -0.25) is 0 Å². The van der Waals surface area contributed by atoms with Crippen molar-refractivity contribution < 1.29 is 4.74 Å². The highest BCUT2D eigenvalue weighted by atomic mass is 16.5. The van der Waals surface area contributed by atoms with Crippen molar-refractivity contribution in [2.75, 3.05) is 26.0 Å². The molecule has 0 bridgehead atoms. The Bertz CT molecular complexity index is 582. The van der Waals surface area contributed by atoms with Crippen LogP contribution in [0, 0.1) is 6.92 Å². The van der Waals surface area contributed by atoms with Crippen LogP contribution in [0.25, 0.3) is 0 Å². The van der Waals surface area contributed by atoms with Gasteiger partial charge in [-0.1, -0.05) is 6.07 Å². The quantitative estimate of drug-likeness (QED) is 0.907. The van der Waals surface area contributed by atoms with Crippen LogP contribution in [0.15, 0.2) is 36.4 Å². The van der Waals surface area contributed by atoms with E-state index in [1.54, 1.807) is 0 Å². The number of nitrogens with one attached hydrogen (secondary N) is 1. The summed E-state index contributed by atoms with van der Waals surface area (Å²) in [6.45, 7) is 2.78. The lowest BCUT2D eigenvalue weighted by Gasteiger charge is -2.14. The Morgan fingerprint density at radius 2 is 2.00 bits per heavy atom. The van der Waals surface area contributed by atoms with Crippen LogP contribution in [-0.2, 0) is 6.54 Å². The van der Waals surface area contributed by atoms with Crippen molar-refractivity contribution in [2.45, 2.75) is 13.5 Å². The third-order valence-corrected chi connectivity index (χ3v) is 2.93. The number of hydrogen-bond acceptors (Lipinski definition) is 4. The molecule has 1 aromatic carbocycles. The first-order chi connectivity index (χ1) is 9.58. The van der Waals surface area contributed by atoms with Crippen LogP contribution in [0.4, 0.5) is 5.69 Å². The van der Waals surface area contributed by atoms with E-state index >= 15 is 0 Å². The maximum atomic E-state index is 5.87. The van der Waals surface area contributed by atoms with Crippen molar-refractivity contribution in [1.82, 2.24) is 10.3 Å². The smallest absolute Gasteiger partial charge is 0.219 e. The van der Waals surface area contributed by atoms with Crippen LogP contribution in [0.5, 0.6) is 11.6 Å². The molecule has 0 saturated heterocycles. The fraction of sp³-hybridized carbons (Fsp3) is 0.312. The van der Waals surface area contributed by atoms with Crippen LogP contribution < -0.4 is 15.0 Å². The molecule has 0 fully saturated rings. The summed E-state index contributed by atoms with van der Waals surface area (Å²) in [6.07, 6.45) is 0. The summed E-state index contributed by atoms with van der Waals surface area (Å²) in [5, 5.41) is 3.14. The first-order valence-corrected chi connectivity index (χ1v) is 6.66. The van der Waals surface area contributed by atoms with Gasteiger partial charge in [0.15, 0.2) is 0 Å². The van der Waals surface area contributed by atoms with E-state index in [4.69, 9.17) is 4.74 Å². The van der Waals surface area contributed by atoms with Gasteiger partial charge in [0.1, 0.15) is 5.75 Å². The van der Waals surface area contributed by atoms with Gasteiger partial charge < -0.3 is 15.0 Å². The normalized spacial score (nSPS) is 10.4. The third-order valence-electron chi connectivity index (χ3n) is 2.93. The Hall–Kier alpha value is -2.07. The molecule has 0 amide bonds. The molecule has 4 nitrogen and oxygen atoms in total. The van der Waals surface area contributed by atoms with Gasteiger partial charge in [-0.15, -0.1) is 0 Å². The lowest BCUT2D eigenvalue weighted by atomic mass is 10.2. The fourth-order valence-corrected chi connectivity index (χ4v) is 2.01. The summed E-state index contributed by atoms with van der Waals surface area (Å²) in [5.74, 6) is 1.43. The largest absolute Gasteiger partial charge is 0.439 e. The number of aromatic nitrogens is 1. The number of pyridine rings is 1. The minimum atomic E-state index is 0.631. The zero-order valence-corrected chi connectivity index (χ0v) is 12.5. The van der Waals surface area contributed by atoms with Gasteiger partial charge in [0.2, 0.25) is 5.88 Å². The van der Waals surface area contributed by atoms with E-state index in [0.29, 0.717) is 5.88 Å². The van der Waals surface area contributed by atoms with Gasteiger partial charge >= 0.3 is 0 Å². The number of anilines is 1. The maximum Gasteiger partial charge on any atom is 0.219 e. The predicted molar refractivity (Wildman–Crippen MR) is 82.6 cm³/mol. The van der Waals surface area contributed by atoms with Gasteiger partial charge in [0, 0.05) is 44.2 Å². The Labute approximate surface area is 120 Å². The van der Waals surface area contributed by atoms with E-state index in [1.807, 2.05) is 63.3 Å². The second-order valence-electron chi connectivity index (χ2n) is 4.98. The minimum absolute atomic E-state index is 0.631. The van der Waals surface area contributed by atoms with E-state index in [-0.39, 0.29) is 0 Å². The molecule has 0 saturated carbocycles. The van der Waals surface area contributed by atoms with Gasteiger partial charge in [-0.2, -0.15) is 0 Å². The molecule has 1 heterocycles. The predicted octanol–water partition coefficient (Wildman–Crippen LogP) is 2.97. The number of ether oxygens (including phenoxy) is 1. The van der Waals surface area contributed by atoms with Crippen LogP contribution in [0.3, 0.4) is 0 Å². The van der Waals surface area contributed by atoms with Crippen LogP contribution in [0.1, 0.15) is 11.3 Å². The molecule has 4 heteroatoms. The molecule has 20 heavy (non-hydrogen) atoms. The molecule has 0 aliphatic carbocycles. The number of aryl methyl sites for hydroxylation is 1. The summed E-state index contributed by atoms with van der Waals surface area (Å²) >= 11 is 0. The van der Waals surface area contributed by atoms with Crippen LogP contribution in [-0.4, -0.2) is 26.1 Å². The number of benzene rings is 1. The standard InChI is InChI=1S/C16H21N3O/c1-12-8-13(11-17-2)9-16(18-12)20-15-7-5-6-14(10-15)19(3)4/h5-10,17H,11H2,1-4H3. The van der Waals surface area contributed by atoms with Gasteiger partial charge in [0.25, 0.3) is 0 Å². The van der Waals surface area contributed by atoms with Crippen molar-refractivity contribution in [3.63, 3.8) is 0 Å². The highest BCUT2D eigenvalue weighted by Crippen LogP contribution is 2.24.